The van der Waals surface area contributed by atoms with E-state index in [9.17, 15) is 9.59 Å². The number of rotatable bonds is 3. The molecule has 0 saturated carbocycles. The number of nitrogens with zero attached hydrogens (tertiary/aromatic N) is 4. The van der Waals surface area contributed by atoms with Crippen LogP contribution in [0.15, 0.2) is 64.9 Å². The number of methoxy groups -OCH3 is 1. The SMILES string of the molecule is COc1ccc(N2C(=O)[C@@H]3[C@@H](N=NN3c3ccccc3)C2=O)cc1. The molecule has 4 rings (SSSR count). The first kappa shape index (κ1) is 14.4. The third-order valence-electron chi connectivity index (χ3n) is 4.13. The molecule has 2 atom stereocenters. The van der Waals surface area contributed by atoms with Crippen LogP contribution in [0.4, 0.5) is 11.4 Å². The summed E-state index contributed by atoms with van der Waals surface area (Å²) in [4.78, 5) is 26.6. The van der Waals surface area contributed by atoms with E-state index < -0.39 is 12.1 Å². The van der Waals surface area contributed by atoms with Gasteiger partial charge in [0.25, 0.3) is 11.8 Å². The maximum atomic E-state index is 12.8. The molecule has 0 N–H and O–H groups in total. The van der Waals surface area contributed by atoms with E-state index in [1.807, 2.05) is 30.3 Å². The number of para-hydroxylation sites is 1. The average molecular weight is 322 g/mol. The van der Waals surface area contributed by atoms with Gasteiger partial charge in [-0.05, 0) is 36.4 Å². The van der Waals surface area contributed by atoms with Crippen molar-refractivity contribution in [1.29, 1.82) is 0 Å². The standard InChI is InChI=1S/C17H14N4O3/c1-24-13-9-7-11(8-10-13)20-16(22)14-15(17(20)23)21(19-18-14)12-5-3-2-4-6-12/h2-10,14-15H,1H3/t14-,15+/m1/s1. The second kappa shape index (κ2) is 5.45. The van der Waals surface area contributed by atoms with E-state index >= 15 is 0 Å². The van der Waals surface area contributed by atoms with Gasteiger partial charge >= 0.3 is 0 Å². The van der Waals surface area contributed by atoms with Crippen LogP contribution in [0.25, 0.3) is 0 Å². The van der Waals surface area contributed by atoms with Crippen molar-refractivity contribution in [3.8, 4) is 5.75 Å². The number of fused-ring (bicyclic) bond motifs is 1. The molecule has 0 spiro atoms. The van der Waals surface area contributed by atoms with Gasteiger partial charge in [-0.2, -0.15) is 5.11 Å². The molecule has 2 aromatic carbocycles. The zero-order chi connectivity index (χ0) is 16.7. The highest BCUT2D eigenvalue weighted by atomic mass is 16.5. The van der Waals surface area contributed by atoms with Gasteiger partial charge in [0.05, 0.1) is 18.5 Å². The van der Waals surface area contributed by atoms with Crippen molar-refractivity contribution in [3.05, 3.63) is 54.6 Å². The Balaban J connectivity index is 1.67. The average Bonchev–Trinajstić information content (AvgIpc) is 3.17. The highest BCUT2D eigenvalue weighted by Crippen LogP contribution is 2.35. The molecular weight excluding hydrogens is 308 g/mol. The van der Waals surface area contributed by atoms with Crippen molar-refractivity contribution in [2.45, 2.75) is 12.1 Å². The molecule has 0 unspecified atom stereocenters. The maximum Gasteiger partial charge on any atom is 0.263 e. The number of carbonyl (C=O) groups is 2. The fourth-order valence-electron chi connectivity index (χ4n) is 2.94. The van der Waals surface area contributed by atoms with Gasteiger partial charge in [-0.25, -0.2) is 9.91 Å². The summed E-state index contributed by atoms with van der Waals surface area (Å²) < 4.78 is 5.10. The van der Waals surface area contributed by atoms with Gasteiger partial charge in [0.1, 0.15) is 5.75 Å². The molecule has 120 valence electrons. The molecule has 2 aromatic rings. The molecule has 2 amide bonds. The van der Waals surface area contributed by atoms with Gasteiger partial charge in [-0.15, -0.1) is 0 Å². The molecule has 0 aliphatic carbocycles. The van der Waals surface area contributed by atoms with Crippen LogP contribution in [0.5, 0.6) is 5.75 Å². The van der Waals surface area contributed by atoms with Gasteiger partial charge in [-0.3, -0.25) is 9.59 Å². The second-order valence-electron chi connectivity index (χ2n) is 5.48. The smallest absolute Gasteiger partial charge is 0.263 e. The van der Waals surface area contributed by atoms with E-state index in [-0.39, 0.29) is 11.8 Å². The summed E-state index contributed by atoms with van der Waals surface area (Å²) in [5.74, 6) is -0.0370. The van der Waals surface area contributed by atoms with Crippen LogP contribution < -0.4 is 14.6 Å². The Morgan fingerprint density at radius 3 is 2.29 bits per heavy atom. The van der Waals surface area contributed by atoms with Gasteiger partial charge < -0.3 is 4.74 Å². The number of carbonyl (C=O) groups excluding carboxylic acids is 2. The van der Waals surface area contributed by atoms with Gasteiger partial charge in [0.15, 0.2) is 12.1 Å². The summed E-state index contributed by atoms with van der Waals surface area (Å²) in [7, 11) is 1.56. The largest absolute Gasteiger partial charge is 0.497 e. The summed E-state index contributed by atoms with van der Waals surface area (Å²) in [5.41, 5.74) is 1.23. The molecule has 2 aliphatic heterocycles. The predicted molar refractivity (Wildman–Crippen MR) is 86.8 cm³/mol. The maximum absolute atomic E-state index is 12.8. The normalized spacial score (nSPS) is 22.2. The Hall–Kier alpha value is -3.22. The van der Waals surface area contributed by atoms with Gasteiger partial charge in [0.2, 0.25) is 0 Å². The first-order chi connectivity index (χ1) is 11.7. The van der Waals surface area contributed by atoms with E-state index in [1.54, 1.807) is 31.4 Å². The number of anilines is 2. The number of ether oxygens (including phenoxy) is 1. The predicted octanol–water partition coefficient (Wildman–Crippen LogP) is 2.19. The van der Waals surface area contributed by atoms with Crippen molar-refractivity contribution in [1.82, 2.24) is 0 Å². The lowest BCUT2D eigenvalue weighted by Crippen LogP contribution is -2.39. The van der Waals surface area contributed by atoms with Crippen molar-refractivity contribution >= 4 is 23.2 Å². The van der Waals surface area contributed by atoms with Crippen molar-refractivity contribution in [2.75, 3.05) is 17.0 Å². The zero-order valence-corrected chi connectivity index (χ0v) is 12.9. The lowest BCUT2D eigenvalue weighted by Gasteiger charge is -2.20. The summed E-state index contributed by atoms with van der Waals surface area (Å²) >= 11 is 0. The number of hydrogen-bond acceptors (Lipinski definition) is 6. The van der Waals surface area contributed by atoms with Crippen LogP contribution in [0, 0.1) is 0 Å². The van der Waals surface area contributed by atoms with Crippen LogP contribution in [-0.4, -0.2) is 31.0 Å². The molecule has 1 fully saturated rings. The topological polar surface area (TPSA) is 74.6 Å². The number of hydrogen-bond donors (Lipinski definition) is 0. The van der Waals surface area contributed by atoms with E-state index in [0.29, 0.717) is 11.4 Å². The molecule has 0 bridgehead atoms. The van der Waals surface area contributed by atoms with Crippen molar-refractivity contribution in [3.63, 3.8) is 0 Å². The Bertz CT molecular complexity index is 819. The fraction of sp³-hybridized carbons (Fsp3) is 0.176. The quantitative estimate of drug-likeness (QED) is 0.812. The van der Waals surface area contributed by atoms with Gasteiger partial charge in [-0.1, -0.05) is 23.4 Å². The molecule has 7 heteroatoms. The summed E-state index contributed by atoms with van der Waals surface area (Å²) in [6.07, 6.45) is 0. The minimum absolute atomic E-state index is 0.330. The molecule has 2 heterocycles. The first-order valence-electron chi connectivity index (χ1n) is 7.47. The van der Waals surface area contributed by atoms with Crippen molar-refractivity contribution in [2.24, 2.45) is 10.3 Å². The fourth-order valence-corrected chi connectivity index (χ4v) is 2.94. The zero-order valence-electron chi connectivity index (χ0n) is 12.9. The molecule has 0 aromatic heterocycles. The Labute approximate surface area is 138 Å². The third-order valence-corrected chi connectivity index (χ3v) is 4.13. The van der Waals surface area contributed by atoms with E-state index in [1.165, 1.54) is 9.91 Å². The summed E-state index contributed by atoms with van der Waals surface area (Å²) in [5, 5.41) is 9.54. The lowest BCUT2D eigenvalue weighted by atomic mass is 10.1. The van der Waals surface area contributed by atoms with E-state index in [4.69, 9.17) is 4.74 Å². The molecule has 24 heavy (non-hydrogen) atoms. The monoisotopic (exact) mass is 322 g/mol. The minimum atomic E-state index is -0.806. The van der Waals surface area contributed by atoms with Crippen LogP contribution in [0.2, 0.25) is 0 Å². The van der Waals surface area contributed by atoms with Gasteiger partial charge in [0, 0.05) is 0 Å². The Kier molecular flexibility index (Phi) is 3.26. The Morgan fingerprint density at radius 2 is 1.62 bits per heavy atom. The van der Waals surface area contributed by atoms with E-state index in [0.717, 1.165) is 5.69 Å². The van der Waals surface area contributed by atoms with Crippen LogP contribution >= 0.6 is 0 Å². The number of imide groups is 1. The van der Waals surface area contributed by atoms with Crippen LogP contribution in [0.1, 0.15) is 0 Å². The molecule has 7 nitrogen and oxygen atoms in total. The Morgan fingerprint density at radius 1 is 0.917 bits per heavy atom. The summed E-state index contributed by atoms with van der Waals surface area (Å²) in [6.45, 7) is 0. The van der Waals surface area contributed by atoms with Crippen molar-refractivity contribution < 1.29 is 14.3 Å². The highest BCUT2D eigenvalue weighted by molar-refractivity contribution is 6.26. The lowest BCUT2D eigenvalue weighted by molar-refractivity contribution is -0.121. The third kappa shape index (κ3) is 2.05. The highest BCUT2D eigenvalue weighted by Gasteiger charge is 2.55. The molecular formula is C17H14N4O3. The number of benzene rings is 2. The summed E-state index contributed by atoms with van der Waals surface area (Å²) in [6, 6.07) is 14.5. The molecule has 2 aliphatic rings. The van der Waals surface area contributed by atoms with E-state index in [2.05, 4.69) is 10.3 Å². The second-order valence-corrected chi connectivity index (χ2v) is 5.48. The first-order valence-corrected chi connectivity index (χ1v) is 7.47. The number of amides is 2. The molecule has 0 radical (unpaired) electrons. The molecule has 1 saturated heterocycles. The minimum Gasteiger partial charge on any atom is -0.497 e. The van der Waals surface area contributed by atoms with Crippen LogP contribution in [0.3, 0.4) is 0 Å². The van der Waals surface area contributed by atoms with Crippen LogP contribution in [-0.2, 0) is 9.59 Å².